The molecule has 0 fully saturated rings. The Bertz CT molecular complexity index is 1230. The van der Waals surface area contributed by atoms with Gasteiger partial charge in [0.2, 0.25) is 11.9 Å². The van der Waals surface area contributed by atoms with Gasteiger partial charge in [0.15, 0.2) is 0 Å². The van der Waals surface area contributed by atoms with Crippen molar-refractivity contribution >= 4 is 29.5 Å². The van der Waals surface area contributed by atoms with Crippen LogP contribution in [0.4, 0.5) is 22.2 Å². The first-order valence-corrected chi connectivity index (χ1v) is 13.1. The fourth-order valence-corrected chi connectivity index (χ4v) is 3.54. The molecule has 2 aromatic heterocycles. The van der Waals surface area contributed by atoms with Crippen LogP contribution < -0.4 is 16.0 Å². The predicted octanol–water partition coefficient (Wildman–Crippen LogP) is 3.93. The Kier molecular flexibility index (Phi) is 10.2. The SMILES string of the molecule is CCCNc1nc(Nc2cccc(-n3nccn3)c2)ncc1CCCNC(=O)[C@H](C)N(C)C(=O)OC(C)(C)C. The number of hydrogen-bond donors (Lipinski definition) is 3. The maximum absolute atomic E-state index is 12.6. The van der Waals surface area contributed by atoms with Gasteiger partial charge in [-0.1, -0.05) is 13.0 Å². The zero-order valence-electron chi connectivity index (χ0n) is 23.6. The van der Waals surface area contributed by atoms with Gasteiger partial charge in [0.05, 0.1) is 18.1 Å². The smallest absolute Gasteiger partial charge is 0.410 e. The number of ether oxygens (including phenoxy) is 1. The number of nitrogens with zero attached hydrogens (tertiary/aromatic N) is 6. The molecule has 1 atom stereocenters. The Morgan fingerprint density at radius 1 is 1.15 bits per heavy atom. The van der Waals surface area contributed by atoms with Gasteiger partial charge in [-0.25, -0.2) is 9.78 Å². The topological polar surface area (TPSA) is 139 Å². The Hall–Kier alpha value is -4.22. The highest BCUT2D eigenvalue weighted by Gasteiger charge is 2.26. The van der Waals surface area contributed by atoms with Crippen LogP contribution in [0.25, 0.3) is 5.69 Å². The van der Waals surface area contributed by atoms with Gasteiger partial charge < -0.3 is 20.7 Å². The van der Waals surface area contributed by atoms with Crippen molar-refractivity contribution in [2.75, 3.05) is 30.8 Å². The molecule has 2 heterocycles. The molecule has 3 rings (SSSR count). The third kappa shape index (κ3) is 8.94. The molecule has 0 bridgehead atoms. The highest BCUT2D eigenvalue weighted by Crippen LogP contribution is 2.20. The van der Waals surface area contributed by atoms with Crippen molar-refractivity contribution in [3.63, 3.8) is 0 Å². The van der Waals surface area contributed by atoms with Gasteiger partial charge in [0, 0.05) is 37.6 Å². The van der Waals surface area contributed by atoms with Crippen molar-refractivity contribution in [1.82, 2.24) is 35.2 Å². The van der Waals surface area contributed by atoms with Gasteiger partial charge in [-0.15, -0.1) is 0 Å². The van der Waals surface area contributed by atoms with Gasteiger partial charge in [0.1, 0.15) is 17.5 Å². The van der Waals surface area contributed by atoms with E-state index in [1.165, 1.54) is 4.90 Å². The molecule has 2 amide bonds. The largest absolute Gasteiger partial charge is 0.444 e. The zero-order valence-corrected chi connectivity index (χ0v) is 23.6. The summed E-state index contributed by atoms with van der Waals surface area (Å²) in [5, 5.41) is 17.9. The fraction of sp³-hybridized carbons (Fsp3) is 0.481. The minimum absolute atomic E-state index is 0.240. The summed E-state index contributed by atoms with van der Waals surface area (Å²) in [6.07, 6.45) is 6.82. The average Bonchev–Trinajstić information content (AvgIpc) is 3.44. The molecule has 0 saturated carbocycles. The van der Waals surface area contributed by atoms with E-state index in [2.05, 4.69) is 38.1 Å². The molecule has 12 nitrogen and oxygen atoms in total. The predicted molar refractivity (Wildman–Crippen MR) is 150 cm³/mol. The van der Waals surface area contributed by atoms with Gasteiger partial charge in [-0.3, -0.25) is 9.69 Å². The summed E-state index contributed by atoms with van der Waals surface area (Å²) < 4.78 is 5.34. The number of benzene rings is 1. The molecule has 3 aromatic rings. The molecule has 39 heavy (non-hydrogen) atoms. The number of rotatable bonds is 12. The lowest BCUT2D eigenvalue weighted by Gasteiger charge is -2.28. The lowest BCUT2D eigenvalue weighted by molar-refractivity contribution is -0.125. The van der Waals surface area contributed by atoms with Crippen molar-refractivity contribution in [2.24, 2.45) is 0 Å². The van der Waals surface area contributed by atoms with E-state index in [1.807, 2.05) is 24.3 Å². The van der Waals surface area contributed by atoms with Gasteiger partial charge in [-0.2, -0.15) is 20.0 Å². The second kappa shape index (κ2) is 13.5. The summed E-state index contributed by atoms with van der Waals surface area (Å²) in [7, 11) is 1.56. The number of carbonyl (C=O) groups excluding carboxylic acids is 2. The van der Waals surface area contributed by atoms with Gasteiger partial charge in [-0.05, 0) is 65.2 Å². The highest BCUT2D eigenvalue weighted by molar-refractivity contribution is 5.85. The number of anilines is 3. The zero-order chi connectivity index (χ0) is 28.4. The van der Waals surface area contributed by atoms with Crippen molar-refractivity contribution < 1.29 is 14.3 Å². The Labute approximate surface area is 229 Å². The van der Waals surface area contributed by atoms with Crippen LogP contribution in [0.3, 0.4) is 0 Å². The molecule has 0 spiro atoms. The van der Waals surface area contributed by atoms with E-state index >= 15 is 0 Å². The maximum atomic E-state index is 12.6. The van der Waals surface area contributed by atoms with Crippen LogP contribution in [-0.4, -0.2) is 73.6 Å². The summed E-state index contributed by atoms with van der Waals surface area (Å²) >= 11 is 0. The fourth-order valence-electron chi connectivity index (χ4n) is 3.54. The van der Waals surface area contributed by atoms with Crippen LogP contribution in [0.5, 0.6) is 0 Å². The number of nitrogens with one attached hydrogen (secondary N) is 3. The van der Waals surface area contributed by atoms with Crippen LogP contribution in [0.15, 0.2) is 42.9 Å². The molecule has 12 heteroatoms. The van der Waals surface area contributed by atoms with Crippen LogP contribution >= 0.6 is 0 Å². The summed E-state index contributed by atoms with van der Waals surface area (Å²) in [4.78, 5) is 36.9. The molecule has 1 aromatic carbocycles. The van der Waals surface area contributed by atoms with E-state index in [0.29, 0.717) is 25.3 Å². The number of aryl methyl sites for hydroxylation is 1. The number of likely N-dealkylation sites (N-methyl/N-ethyl adjacent to an activating group) is 1. The van der Waals surface area contributed by atoms with E-state index in [0.717, 1.165) is 35.7 Å². The first kappa shape index (κ1) is 29.3. The van der Waals surface area contributed by atoms with E-state index in [4.69, 9.17) is 9.72 Å². The summed E-state index contributed by atoms with van der Waals surface area (Å²) in [5.41, 5.74) is 1.96. The molecule has 3 N–H and O–H groups in total. The normalized spacial score (nSPS) is 11.9. The van der Waals surface area contributed by atoms with Crippen molar-refractivity contribution in [3.8, 4) is 5.69 Å². The first-order chi connectivity index (χ1) is 18.6. The van der Waals surface area contributed by atoms with Crippen LogP contribution in [0, 0.1) is 0 Å². The second-order valence-corrected chi connectivity index (χ2v) is 10.1. The molecule has 210 valence electrons. The molecule has 0 aliphatic rings. The number of amides is 2. The first-order valence-electron chi connectivity index (χ1n) is 13.1. The third-order valence-corrected chi connectivity index (χ3v) is 5.72. The van der Waals surface area contributed by atoms with Crippen LogP contribution in [0.1, 0.15) is 53.0 Å². The molecule has 0 aliphatic heterocycles. The van der Waals surface area contributed by atoms with Gasteiger partial charge in [0.25, 0.3) is 0 Å². The third-order valence-electron chi connectivity index (χ3n) is 5.72. The quantitative estimate of drug-likeness (QED) is 0.293. The van der Waals surface area contributed by atoms with Crippen molar-refractivity contribution in [2.45, 2.75) is 65.5 Å². The van der Waals surface area contributed by atoms with E-state index in [-0.39, 0.29) is 5.91 Å². The lowest BCUT2D eigenvalue weighted by Crippen LogP contribution is -2.47. The molecular weight excluding hydrogens is 498 g/mol. The molecule has 0 aliphatic carbocycles. The minimum atomic E-state index is -0.655. The standard InChI is InChI=1S/C27H39N9O3/c1-7-13-28-23-20(10-9-14-29-24(37)19(2)35(6)26(38)39-27(3,4)5)18-30-25(34-23)33-21-11-8-12-22(17-21)36-31-15-16-32-36/h8,11-12,15-19H,7,9-10,13-14H2,1-6H3,(H,29,37)(H2,28,30,33,34)/t19-/m0/s1. The van der Waals surface area contributed by atoms with Crippen molar-refractivity contribution in [3.05, 3.63) is 48.4 Å². The van der Waals surface area contributed by atoms with E-state index in [9.17, 15) is 9.59 Å². The molecule has 0 saturated heterocycles. The highest BCUT2D eigenvalue weighted by atomic mass is 16.6. The van der Waals surface area contributed by atoms with Crippen molar-refractivity contribution in [1.29, 1.82) is 0 Å². The summed E-state index contributed by atoms with van der Waals surface area (Å²) in [6.45, 7) is 10.4. The minimum Gasteiger partial charge on any atom is -0.444 e. The number of carbonyl (C=O) groups is 2. The monoisotopic (exact) mass is 537 g/mol. The van der Waals surface area contributed by atoms with Gasteiger partial charge >= 0.3 is 6.09 Å². The Morgan fingerprint density at radius 2 is 1.90 bits per heavy atom. The number of aromatic nitrogens is 5. The Balaban J connectivity index is 1.57. The maximum Gasteiger partial charge on any atom is 0.410 e. The molecule has 0 radical (unpaired) electrons. The average molecular weight is 538 g/mol. The van der Waals surface area contributed by atoms with Crippen LogP contribution in [0.2, 0.25) is 0 Å². The molecule has 0 unspecified atom stereocenters. The summed E-state index contributed by atoms with van der Waals surface area (Å²) in [5.74, 6) is 0.981. The summed E-state index contributed by atoms with van der Waals surface area (Å²) in [6, 6.07) is 7.01. The van der Waals surface area contributed by atoms with E-state index in [1.54, 1.807) is 58.1 Å². The molecular formula is C27H39N9O3. The number of hydrogen-bond acceptors (Lipinski definition) is 9. The van der Waals surface area contributed by atoms with Crippen LogP contribution in [-0.2, 0) is 16.0 Å². The Morgan fingerprint density at radius 3 is 2.59 bits per heavy atom. The lowest BCUT2D eigenvalue weighted by atomic mass is 10.1. The van der Waals surface area contributed by atoms with E-state index < -0.39 is 17.7 Å². The second-order valence-electron chi connectivity index (χ2n) is 10.1.